The molecule has 46 heavy (non-hydrogen) atoms. The van der Waals surface area contributed by atoms with E-state index < -0.39 is 5.97 Å². The van der Waals surface area contributed by atoms with Crippen molar-refractivity contribution in [2.75, 3.05) is 32.7 Å². The lowest BCUT2D eigenvalue weighted by Crippen LogP contribution is -2.67. The molecule has 3 aromatic rings. The summed E-state index contributed by atoms with van der Waals surface area (Å²) in [5, 5.41) is 19.3. The number of thiazole rings is 1. The first-order valence-electron chi connectivity index (χ1n) is 16.6. The van der Waals surface area contributed by atoms with Crippen molar-refractivity contribution in [1.29, 1.82) is 0 Å². The van der Waals surface area contributed by atoms with Crippen molar-refractivity contribution in [1.82, 2.24) is 30.8 Å². The summed E-state index contributed by atoms with van der Waals surface area (Å²) in [6.45, 7) is 12.5. The molecule has 4 heterocycles. The van der Waals surface area contributed by atoms with Gasteiger partial charge in [-0.3, -0.25) is 14.4 Å². The minimum absolute atomic E-state index is 0.137. The SMILES string of the molecule is CC1(NC(=O)c2cccc(C(CCN3CCC(C(=O)O)CC3)NC(=O)c3nc4cc5c(nc4s3)CC[C@H](C(C)(C)C)C5)c2)CNC1. The van der Waals surface area contributed by atoms with E-state index in [1.165, 1.54) is 16.9 Å². The molecule has 1 unspecified atom stereocenters. The molecule has 1 aromatic carbocycles. The Bertz CT molecular complexity index is 1620. The molecule has 2 fully saturated rings. The van der Waals surface area contributed by atoms with Crippen LogP contribution in [0.2, 0.25) is 0 Å². The molecule has 3 aliphatic rings. The third-order valence-corrected chi connectivity index (χ3v) is 11.1. The molecule has 0 spiro atoms. The fourth-order valence-electron chi connectivity index (χ4n) is 6.94. The number of piperidine rings is 1. The van der Waals surface area contributed by atoms with Gasteiger partial charge in [0, 0.05) is 30.9 Å². The van der Waals surface area contributed by atoms with Crippen molar-refractivity contribution in [2.24, 2.45) is 17.3 Å². The highest BCUT2D eigenvalue weighted by atomic mass is 32.1. The Morgan fingerprint density at radius 3 is 2.54 bits per heavy atom. The highest BCUT2D eigenvalue weighted by Gasteiger charge is 2.34. The highest BCUT2D eigenvalue weighted by molar-refractivity contribution is 7.19. The molecule has 2 aromatic heterocycles. The predicted octanol–water partition coefficient (Wildman–Crippen LogP) is 4.59. The van der Waals surface area contributed by atoms with E-state index in [0.717, 1.165) is 54.0 Å². The van der Waals surface area contributed by atoms with Crippen LogP contribution >= 0.6 is 11.3 Å². The van der Waals surface area contributed by atoms with Gasteiger partial charge in [-0.1, -0.05) is 44.2 Å². The Balaban J connectivity index is 1.20. The average Bonchev–Trinajstić information content (AvgIpc) is 3.43. The van der Waals surface area contributed by atoms with Crippen LogP contribution in [-0.4, -0.2) is 76.0 Å². The number of benzene rings is 1. The van der Waals surface area contributed by atoms with E-state index in [2.05, 4.69) is 47.7 Å². The van der Waals surface area contributed by atoms with Crippen LogP contribution in [0, 0.1) is 17.3 Å². The Hall–Kier alpha value is -3.41. The quantitative estimate of drug-likeness (QED) is 0.265. The van der Waals surface area contributed by atoms with E-state index in [9.17, 15) is 19.5 Å². The minimum atomic E-state index is -0.730. The fourth-order valence-corrected chi connectivity index (χ4v) is 7.78. The van der Waals surface area contributed by atoms with Crippen molar-refractivity contribution in [3.8, 4) is 0 Å². The monoisotopic (exact) mass is 646 g/mol. The van der Waals surface area contributed by atoms with Crippen molar-refractivity contribution < 1.29 is 19.5 Å². The molecule has 6 rings (SSSR count). The number of hydrogen-bond donors (Lipinski definition) is 4. The Labute approximate surface area is 274 Å². The molecule has 10 nitrogen and oxygen atoms in total. The lowest BCUT2D eigenvalue weighted by Gasteiger charge is -2.40. The zero-order valence-electron chi connectivity index (χ0n) is 27.3. The van der Waals surface area contributed by atoms with Gasteiger partial charge >= 0.3 is 5.97 Å². The van der Waals surface area contributed by atoms with E-state index in [1.807, 2.05) is 25.1 Å². The first kappa shape index (κ1) is 32.5. The van der Waals surface area contributed by atoms with E-state index in [4.69, 9.17) is 9.97 Å². The lowest BCUT2D eigenvalue weighted by atomic mass is 9.71. The van der Waals surface area contributed by atoms with Crippen molar-refractivity contribution in [2.45, 2.75) is 77.8 Å². The number of amides is 2. The van der Waals surface area contributed by atoms with Crippen LogP contribution in [-0.2, 0) is 17.6 Å². The van der Waals surface area contributed by atoms with Crippen LogP contribution in [0.5, 0.6) is 0 Å². The first-order valence-corrected chi connectivity index (χ1v) is 17.4. The third-order valence-electron chi connectivity index (χ3n) is 10.1. The summed E-state index contributed by atoms with van der Waals surface area (Å²) in [5.74, 6) is -0.839. The number of carbonyl (C=O) groups excluding carboxylic acids is 2. The number of nitrogens with one attached hydrogen (secondary N) is 3. The zero-order chi connectivity index (χ0) is 32.6. The second-order valence-corrected chi connectivity index (χ2v) is 15.7. The van der Waals surface area contributed by atoms with Crippen LogP contribution in [0.4, 0.5) is 0 Å². The molecule has 11 heteroatoms. The van der Waals surface area contributed by atoms with Crippen LogP contribution < -0.4 is 16.0 Å². The largest absolute Gasteiger partial charge is 0.481 e. The molecule has 2 amide bonds. The topological polar surface area (TPSA) is 137 Å². The normalized spacial score (nSPS) is 20.8. The molecule has 1 aliphatic carbocycles. The maximum absolute atomic E-state index is 13.8. The van der Waals surface area contributed by atoms with Gasteiger partial charge in [-0.15, -0.1) is 0 Å². The van der Waals surface area contributed by atoms with Gasteiger partial charge in [0.05, 0.1) is 17.5 Å². The number of nitrogens with zero attached hydrogens (tertiary/aromatic N) is 3. The molecule has 0 radical (unpaired) electrons. The van der Waals surface area contributed by atoms with Gasteiger partial charge in [0.1, 0.15) is 10.3 Å². The summed E-state index contributed by atoms with van der Waals surface area (Å²) < 4.78 is 0. The second-order valence-electron chi connectivity index (χ2n) is 14.8. The minimum Gasteiger partial charge on any atom is -0.481 e. The van der Waals surface area contributed by atoms with Crippen LogP contribution in [0.3, 0.4) is 0 Å². The smallest absolute Gasteiger partial charge is 0.306 e. The standard InChI is InChI=1S/C35H46N6O4S/c1-34(2,3)25-8-9-26-24(17-25)18-28-31(38-26)46-32(39-28)30(43)37-27(12-15-41-13-10-21(11-14-41)33(44)45)22-6-5-7-23(16-22)29(42)40-35(4)19-36-20-35/h5-7,16,18,21,25,27,36H,8-15,17,19-20H2,1-4H3,(H,37,43)(H,40,42)(H,44,45)/t25-,27?/m0/s1. The van der Waals surface area contributed by atoms with Gasteiger partial charge in [0.15, 0.2) is 5.01 Å². The van der Waals surface area contributed by atoms with Gasteiger partial charge in [-0.05, 0) is 99.2 Å². The second kappa shape index (κ2) is 13.0. The molecule has 2 aliphatic heterocycles. The Morgan fingerprint density at radius 2 is 1.87 bits per heavy atom. The summed E-state index contributed by atoms with van der Waals surface area (Å²) >= 11 is 1.32. The fraction of sp³-hybridized carbons (Fsp3) is 0.571. The number of carboxylic acids is 1. The van der Waals surface area contributed by atoms with Crippen molar-refractivity contribution in [3.05, 3.63) is 57.7 Å². The van der Waals surface area contributed by atoms with Crippen molar-refractivity contribution >= 4 is 39.5 Å². The number of carbonyl (C=O) groups is 3. The van der Waals surface area contributed by atoms with E-state index in [0.29, 0.717) is 55.4 Å². The molecule has 2 saturated heterocycles. The number of pyridine rings is 1. The van der Waals surface area contributed by atoms with Crippen LogP contribution in [0.25, 0.3) is 10.3 Å². The predicted molar refractivity (Wildman–Crippen MR) is 179 cm³/mol. The van der Waals surface area contributed by atoms with Crippen LogP contribution in [0.1, 0.15) is 96.4 Å². The van der Waals surface area contributed by atoms with E-state index in [-0.39, 0.29) is 34.7 Å². The van der Waals surface area contributed by atoms with Gasteiger partial charge in [0.25, 0.3) is 11.8 Å². The number of aromatic nitrogens is 2. The number of hydrogen-bond acceptors (Lipinski definition) is 8. The summed E-state index contributed by atoms with van der Waals surface area (Å²) in [4.78, 5) is 51.1. The number of likely N-dealkylation sites (tertiary alicyclic amines) is 1. The molecular weight excluding hydrogens is 600 g/mol. The van der Waals surface area contributed by atoms with Gasteiger partial charge in [-0.2, -0.15) is 0 Å². The maximum atomic E-state index is 13.8. The molecule has 0 bridgehead atoms. The molecule has 246 valence electrons. The molecule has 0 saturated carbocycles. The van der Waals surface area contributed by atoms with E-state index >= 15 is 0 Å². The van der Waals surface area contributed by atoms with Gasteiger partial charge in [0.2, 0.25) is 0 Å². The number of aryl methyl sites for hydroxylation is 1. The number of rotatable bonds is 9. The summed E-state index contributed by atoms with van der Waals surface area (Å²) in [6, 6.07) is 9.24. The van der Waals surface area contributed by atoms with Gasteiger partial charge < -0.3 is 26.0 Å². The summed E-state index contributed by atoms with van der Waals surface area (Å²) in [5.41, 5.74) is 4.48. The van der Waals surface area contributed by atoms with E-state index in [1.54, 1.807) is 6.07 Å². The molecule has 2 atom stereocenters. The molecular formula is C35H46N6O4S. The number of carboxylic acid groups (broad SMARTS) is 1. The Kier molecular flexibility index (Phi) is 9.20. The number of fused-ring (bicyclic) bond motifs is 2. The third kappa shape index (κ3) is 7.26. The van der Waals surface area contributed by atoms with Crippen molar-refractivity contribution in [3.63, 3.8) is 0 Å². The molecule has 4 N–H and O–H groups in total. The van der Waals surface area contributed by atoms with Crippen LogP contribution in [0.15, 0.2) is 30.3 Å². The first-order chi connectivity index (χ1) is 21.9. The summed E-state index contributed by atoms with van der Waals surface area (Å²) in [7, 11) is 0. The van der Waals surface area contributed by atoms with Gasteiger partial charge in [-0.25, -0.2) is 9.97 Å². The lowest BCUT2D eigenvalue weighted by molar-refractivity contribution is -0.143. The Morgan fingerprint density at radius 1 is 1.11 bits per heavy atom. The summed E-state index contributed by atoms with van der Waals surface area (Å²) in [6.07, 6.45) is 4.89. The maximum Gasteiger partial charge on any atom is 0.306 e. The highest BCUT2D eigenvalue weighted by Crippen LogP contribution is 2.38. The number of aliphatic carboxylic acids is 1. The average molecular weight is 647 g/mol. The zero-order valence-corrected chi connectivity index (χ0v) is 28.1.